The van der Waals surface area contributed by atoms with Crippen molar-refractivity contribution < 1.29 is 137 Å². The molecule has 4 aromatic heterocycles. The minimum atomic E-state index is -1.75. The van der Waals surface area contributed by atoms with Crippen molar-refractivity contribution >= 4 is 32.9 Å². The molecule has 4 aliphatic heterocycles. The first kappa shape index (κ1) is 92.7. The van der Waals surface area contributed by atoms with Crippen molar-refractivity contribution in [3.05, 3.63) is 47.6 Å². The van der Waals surface area contributed by atoms with Crippen molar-refractivity contribution in [2.45, 2.75) is 234 Å². The summed E-state index contributed by atoms with van der Waals surface area (Å²) in [7, 11) is 2.87. The Balaban J connectivity index is 0.808. The van der Waals surface area contributed by atoms with Gasteiger partial charge in [-0.05, 0) is 32.0 Å². The molecule has 16 N–H and O–H groups in total. The van der Waals surface area contributed by atoms with E-state index in [4.69, 9.17) is 56.8 Å². The molecule has 4 saturated heterocycles. The molecular weight excluding hydrogens is 1550 g/mol. The van der Waals surface area contributed by atoms with Crippen molar-refractivity contribution in [3.8, 4) is 0 Å². The molecular formula is C68H115N18O28P. The second-order valence-corrected chi connectivity index (χ2v) is 29.2. The molecule has 0 radical (unpaired) electrons. The van der Waals surface area contributed by atoms with Crippen LogP contribution in [0.1, 0.15) is 76.2 Å². The molecule has 4 amide bonds. The van der Waals surface area contributed by atoms with Gasteiger partial charge < -0.3 is 139 Å². The van der Waals surface area contributed by atoms with Crippen molar-refractivity contribution in [3.63, 3.8) is 0 Å². The number of aromatic nitrogens is 12. The fourth-order valence-electron chi connectivity index (χ4n) is 14.3. The van der Waals surface area contributed by atoms with Crippen LogP contribution in [-0.4, -0.2) is 401 Å². The Morgan fingerprint density at radius 1 is 0.470 bits per heavy atom. The van der Waals surface area contributed by atoms with Crippen LogP contribution in [0.2, 0.25) is 0 Å². The van der Waals surface area contributed by atoms with Crippen LogP contribution in [0, 0.1) is 5.92 Å². The van der Waals surface area contributed by atoms with Gasteiger partial charge in [0.15, 0.2) is 25.2 Å². The van der Waals surface area contributed by atoms with Gasteiger partial charge in [-0.3, -0.25) is 29.0 Å². The van der Waals surface area contributed by atoms with Gasteiger partial charge in [0, 0.05) is 90.6 Å². The Morgan fingerprint density at radius 2 is 0.800 bits per heavy atom. The zero-order valence-corrected chi connectivity index (χ0v) is 66.0. The highest BCUT2D eigenvalue weighted by Gasteiger charge is 2.67. The summed E-state index contributed by atoms with van der Waals surface area (Å²) >= 11 is 0. The smallest absolute Gasteiger partial charge is 0.217 e. The van der Waals surface area contributed by atoms with Gasteiger partial charge in [-0.25, -0.2) is 18.7 Å². The van der Waals surface area contributed by atoms with E-state index in [1.54, 1.807) is 18.7 Å². The van der Waals surface area contributed by atoms with Gasteiger partial charge in [-0.15, -0.1) is 29.6 Å². The first-order valence-corrected chi connectivity index (χ1v) is 39.3. The molecule has 1 aliphatic carbocycles. The fourth-order valence-corrected chi connectivity index (χ4v) is 14.8. The molecule has 5 fully saturated rings. The van der Waals surface area contributed by atoms with E-state index in [1.807, 2.05) is 24.8 Å². The van der Waals surface area contributed by atoms with E-state index < -0.39 is 172 Å². The lowest BCUT2D eigenvalue weighted by atomic mass is 9.59. The molecule has 0 aromatic carbocycles. The summed E-state index contributed by atoms with van der Waals surface area (Å²) in [5.41, 5.74) is 0.875. The van der Waals surface area contributed by atoms with Crippen molar-refractivity contribution in [2.24, 2.45) is 5.92 Å². The van der Waals surface area contributed by atoms with Crippen LogP contribution in [0.25, 0.3) is 0 Å². The van der Waals surface area contributed by atoms with Crippen LogP contribution < -0.4 is 21.3 Å². The fraction of sp³-hybridized carbons (Fsp3) is 0.824. The molecule has 115 heavy (non-hydrogen) atoms. The number of carbonyl (C=O) groups is 4. The number of amides is 4. The van der Waals surface area contributed by atoms with E-state index >= 15 is 0 Å². The third-order valence-corrected chi connectivity index (χ3v) is 20.8. The Bertz CT molecular complexity index is 3440. The van der Waals surface area contributed by atoms with Crippen molar-refractivity contribution in [1.29, 1.82) is 0 Å². The van der Waals surface area contributed by atoms with Gasteiger partial charge in [-0.1, -0.05) is 27.3 Å². The highest BCUT2D eigenvalue weighted by atomic mass is 31.0. The molecule has 0 spiro atoms. The standard InChI is InChI=1S/C68H115N18O28P/c1-39(91)69-53-25-48-64(114-52(37-90)63(101)68(48,53)102)107-21-17-103-13-9-83-30-43(73-77-83)26-81(27-44-31-84(78-74-44)10-14-104-18-22-108-65-54(70-40(2)92)60(98)57(95)49(34-87)111-65)8-6-5-7-47(38-115)82(28-45-32-85(79-75-45)11-15-105-19-23-109-66-55(71-41(3)93)61(99)58(96)50(35-88)112-66)29-46-33-86(80-76-46)12-16-106-20-24-110-67-56(72-42(4)94)62(100)59(97)51(36-89)113-67/h30-33,47-67,87-90,95-102H,5-29,34-38,115H2,1-4H3,(H,69,91)(H,70,92)(H,71,93)(H,72,94)/t47-,48?,49?,50?,51?,52?,53?,54?,55?,56?,57?,58?,59?,60?,61?,62?,63?,64?,65?,66?,67?,68?/m1/s1. The number of hydrogen-bond acceptors (Lipinski definition) is 38. The number of hydrogen-bond donors (Lipinski definition) is 16. The molecule has 46 nitrogen and oxygen atoms in total. The average molecular weight is 1660 g/mol. The summed E-state index contributed by atoms with van der Waals surface area (Å²) < 4.78 is 76.1. The summed E-state index contributed by atoms with van der Waals surface area (Å²) in [6, 6.07) is -4.10. The van der Waals surface area contributed by atoms with Crippen LogP contribution in [0.3, 0.4) is 0 Å². The number of aliphatic hydroxyl groups excluding tert-OH is 11. The maximum atomic E-state index is 11.9. The maximum Gasteiger partial charge on any atom is 0.217 e. The maximum absolute atomic E-state index is 11.9. The second-order valence-electron chi connectivity index (χ2n) is 28.8. The van der Waals surface area contributed by atoms with Gasteiger partial charge in [0.2, 0.25) is 23.6 Å². The lowest BCUT2D eigenvalue weighted by Gasteiger charge is -2.60. The highest BCUT2D eigenvalue weighted by molar-refractivity contribution is 7.16. The number of carbonyl (C=O) groups excluding carboxylic acids is 4. The summed E-state index contributed by atoms with van der Waals surface area (Å²) in [6.45, 7) is 7.19. The molecule has 23 atom stereocenters. The van der Waals surface area contributed by atoms with Crippen molar-refractivity contribution in [1.82, 2.24) is 91.0 Å². The van der Waals surface area contributed by atoms with Gasteiger partial charge in [0.1, 0.15) is 90.9 Å². The molecule has 1 saturated carbocycles. The van der Waals surface area contributed by atoms with Gasteiger partial charge in [0.05, 0.1) is 161 Å². The molecule has 0 bridgehead atoms. The topological polar surface area (TPSA) is 599 Å². The lowest BCUT2D eigenvalue weighted by Crippen LogP contribution is -2.79. The number of ether oxygens (including phenoxy) is 12. The zero-order chi connectivity index (χ0) is 82.7. The van der Waals surface area contributed by atoms with Crippen molar-refractivity contribution in [2.75, 3.05) is 118 Å². The predicted molar refractivity (Wildman–Crippen MR) is 391 cm³/mol. The SMILES string of the molecule is CC(=O)NC1C(OCCOCCn2cc(CN(CCCC[C@H](CP)N(Cc3cn(CCOCCOC4OC(CO)C(O)C(O)C4NC(C)=O)nn3)Cc3cn(CCOCCOC4OC(CO)C(O)C(O)C4NC(C)=O)nn3)Cc3cn(CCOCCOC4OC(CO)C(O)C5(O)C(NC(C)=O)CC45)nn3)nn2)OC(CO)C(O)C1O. The third-order valence-electron chi connectivity index (χ3n) is 20.2. The third kappa shape index (κ3) is 26.7. The summed E-state index contributed by atoms with van der Waals surface area (Å²) in [5.74, 6) is -2.49. The molecule has 650 valence electrons. The van der Waals surface area contributed by atoms with Crippen LogP contribution in [0.15, 0.2) is 24.8 Å². The minimum Gasteiger partial charge on any atom is -0.394 e. The van der Waals surface area contributed by atoms with Crippen LogP contribution in [0.4, 0.5) is 0 Å². The Labute approximate surface area is 664 Å². The molecule has 4 aromatic rings. The summed E-state index contributed by atoms with van der Waals surface area (Å²) in [4.78, 5) is 52.0. The first-order chi connectivity index (χ1) is 55.3. The Kier molecular flexibility index (Phi) is 37.4. The number of nitrogens with one attached hydrogen (secondary N) is 4. The average Bonchev–Trinajstić information content (AvgIpc) is 0.958. The van der Waals surface area contributed by atoms with Gasteiger partial charge >= 0.3 is 0 Å². The molecule has 5 aliphatic rings. The van der Waals surface area contributed by atoms with E-state index in [-0.39, 0.29) is 91.2 Å². The van der Waals surface area contributed by atoms with E-state index in [9.17, 15) is 80.5 Å². The van der Waals surface area contributed by atoms with E-state index in [0.29, 0.717) is 94.3 Å². The Morgan fingerprint density at radius 3 is 1.13 bits per heavy atom. The molecule has 9 rings (SSSR count). The monoisotopic (exact) mass is 1660 g/mol. The number of rotatable bonds is 51. The van der Waals surface area contributed by atoms with E-state index in [1.165, 1.54) is 27.7 Å². The summed E-state index contributed by atoms with van der Waals surface area (Å²) in [5, 5.41) is 170. The molecule has 8 heterocycles. The summed E-state index contributed by atoms with van der Waals surface area (Å²) in [6.07, 6.45) is -8.87. The number of nitrogens with zero attached hydrogens (tertiary/aromatic N) is 14. The number of unbranched alkanes of at least 4 members (excludes halogenated alkanes) is 1. The van der Waals surface area contributed by atoms with Crippen LogP contribution in [-0.2, 0) is 128 Å². The molecule has 47 heteroatoms. The Hall–Kier alpha value is -6.17. The zero-order valence-electron chi connectivity index (χ0n) is 64.9. The minimum absolute atomic E-state index is 0.0180. The first-order valence-electron chi connectivity index (χ1n) is 38.5. The normalized spacial score (nSPS) is 29.8. The van der Waals surface area contributed by atoms with E-state index in [2.05, 4.69) is 81.6 Å². The van der Waals surface area contributed by atoms with E-state index in [0.717, 1.165) is 19.3 Å². The second kappa shape index (κ2) is 46.4. The van der Waals surface area contributed by atoms with Crippen LogP contribution >= 0.6 is 9.24 Å². The predicted octanol–water partition coefficient (Wildman–Crippen LogP) is -9.53. The largest absolute Gasteiger partial charge is 0.394 e. The number of fused-ring (bicyclic) bond motifs is 1. The quantitative estimate of drug-likeness (QED) is 0.0144. The van der Waals surface area contributed by atoms with Crippen LogP contribution in [0.5, 0.6) is 0 Å². The lowest BCUT2D eigenvalue weighted by molar-refractivity contribution is -0.354. The molecule has 22 unspecified atom stereocenters. The number of aliphatic hydroxyl groups is 12. The van der Waals surface area contributed by atoms with Gasteiger partial charge in [-0.2, -0.15) is 0 Å². The van der Waals surface area contributed by atoms with Gasteiger partial charge in [0.25, 0.3) is 0 Å². The highest BCUT2D eigenvalue weighted by Crippen LogP contribution is 2.49.